The van der Waals surface area contributed by atoms with Gasteiger partial charge in [0.2, 0.25) is 0 Å². The number of rotatable bonds is 6. The summed E-state index contributed by atoms with van der Waals surface area (Å²) in [5, 5.41) is 10.5. The van der Waals surface area contributed by atoms with E-state index >= 15 is 0 Å². The molecule has 1 heterocycles. The van der Waals surface area contributed by atoms with Crippen molar-refractivity contribution >= 4 is 28.1 Å². The Kier molecular flexibility index (Phi) is 5.70. The van der Waals surface area contributed by atoms with Gasteiger partial charge in [0, 0.05) is 13.1 Å². The molecule has 0 atom stereocenters. The van der Waals surface area contributed by atoms with Crippen LogP contribution in [0.1, 0.15) is 32.6 Å². The van der Waals surface area contributed by atoms with E-state index < -0.39 is 0 Å². The highest BCUT2D eigenvalue weighted by Crippen LogP contribution is 2.30. The molecule has 1 rings (SSSR count). The van der Waals surface area contributed by atoms with E-state index in [0.717, 1.165) is 23.1 Å². The van der Waals surface area contributed by atoms with Crippen molar-refractivity contribution in [2.24, 2.45) is 11.8 Å². The number of thiazole rings is 1. The molecule has 1 aromatic heterocycles. The molecule has 0 saturated carbocycles. The van der Waals surface area contributed by atoms with Crippen LogP contribution in [0.15, 0.2) is 0 Å². The number of aliphatic hydroxyl groups is 1. The first-order chi connectivity index (χ1) is 7.93. The van der Waals surface area contributed by atoms with Gasteiger partial charge in [-0.2, -0.15) is 0 Å². The SMILES string of the molecule is CC(C)CN(CC(C)C)c1nc(Cl)c(CO)s1. The first-order valence-electron chi connectivity index (χ1n) is 5.95. The number of halogens is 1. The Hall–Kier alpha value is -0.320. The van der Waals surface area contributed by atoms with Crippen LogP contribution in [-0.2, 0) is 6.61 Å². The quantitative estimate of drug-likeness (QED) is 0.865. The van der Waals surface area contributed by atoms with Gasteiger partial charge in [-0.3, -0.25) is 0 Å². The van der Waals surface area contributed by atoms with Crippen molar-refractivity contribution in [1.82, 2.24) is 4.98 Å². The number of hydrogen-bond acceptors (Lipinski definition) is 4. The van der Waals surface area contributed by atoms with Crippen LogP contribution in [0, 0.1) is 11.8 Å². The molecule has 98 valence electrons. The fraction of sp³-hybridized carbons (Fsp3) is 0.750. The zero-order valence-electron chi connectivity index (χ0n) is 10.9. The molecule has 1 aromatic rings. The minimum atomic E-state index is -0.0340. The van der Waals surface area contributed by atoms with Gasteiger partial charge in [-0.25, -0.2) is 4.98 Å². The highest BCUT2D eigenvalue weighted by Gasteiger charge is 2.16. The van der Waals surface area contributed by atoms with Gasteiger partial charge < -0.3 is 10.0 Å². The van der Waals surface area contributed by atoms with Gasteiger partial charge in [-0.15, -0.1) is 0 Å². The van der Waals surface area contributed by atoms with Crippen molar-refractivity contribution < 1.29 is 5.11 Å². The molecule has 0 saturated heterocycles. The van der Waals surface area contributed by atoms with E-state index in [1.165, 1.54) is 11.3 Å². The third-order valence-electron chi connectivity index (χ3n) is 2.22. The van der Waals surface area contributed by atoms with Crippen LogP contribution in [0.3, 0.4) is 0 Å². The van der Waals surface area contributed by atoms with Crippen LogP contribution in [0.4, 0.5) is 5.13 Å². The molecule has 0 amide bonds. The molecule has 0 unspecified atom stereocenters. The summed E-state index contributed by atoms with van der Waals surface area (Å²) in [5.74, 6) is 1.16. The molecule has 0 aromatic carbocycles. The largest absolute Gasteiger partial charge is 0.391 e. The molecular formula is C12H21ClN2OS. The maximum atomic E-state index is 9.14. The van der Waals surface area contributed by atoms with Crippen molar-refractivity contribution in [2.75, 3.05) is 18.0 Å². The summed E-state index contributed by atoms with van der Waals surface area (Å²) in [6, 6.07) is 0. The average molecular weight is 277 g/mol. The Bertz CT molecular complexity index is 342. The minimum absolute atomic E-state index is 0.0340. The number of nitrogens with zero attached hydrogens (tertiary/aromatic N) is 2. The van der Waals surface area contributed by atoms with E-state index in [0.29, 0.717) is 17.0 Å². The normalized spacial score (nSPS) is 11.5. The Morgan fingerprint density at radius 1 is 1.24 bits per heavy atom. The molecule has 0 spiro atoms. The summed E-state index contributed by atoms with van der Waals surface area (Å²) >= 11 is 7.46. The Morgan fingerprint density at radius 2 is 1.76 bits per heavy atom. The maximum absolute atomic E-state index is 9.14. The van der Waals surface area contributed by atoms with Crippen LogP contribution in [0.5, 0.6) is 0 Å². The second-order valence-electron chi connectivity index (χ2n) is 5.06. The molecule has 0 aliphatic rings. The molecule has 3 nitrogen and oxygen atoms in total. The highest BCUT2D eigenvalue weighted by atomic mass is 35.5. The number of hydrogen-bond donors (Lipinski definition) is 1. The van der Waals surface area contributed by atoms with E-state index in [1.54, 1.807) is 0 Å². The van der Waals surface area contributed by atoms with Crippen molar-refractivity contribution in [3.8, 4) is 0 Å². The number of aromatic nitrogens is 1. The lowest BCUT2D eigenvalue weighted by molar-refractivity contribution is 0.285. The van der Waals surface area contributed by atoms with Crippen molar-refractivity contribution in [3.05, 3.63) is 10.0 Å². The standard InChI is InChI=1S/C12H21ClN2OS/c1-8(2)5-15(6-9(3)4)12-14-11(13)10(7-16)17-12/h8-9,16H,5-7H2,1-4H3. The van der Waals surface area contributed by atoms with E-state index in [9.17, 15) is 0 Å². The predicted octanol–water partition coefficient (Wildman–Crippen LogP) is 3.41. The summed E-state index contributed by atoms with van der Waals surface area (Å²) in [4.78, 5) is 7.34. The van der Waals surface area contributed by atoms with Gasteiger partial charge in [-0.05, 0) is 11.8 Å². The summed E-state index contributed by atoms with van der Waals surface area (Å²) in [6.07, 6.45) is 0. The number of anilines is 1. The van der Waals surface area contributed by atoms with Gasteiger partial charge in [0.25, 0.3) is 0 Å². The summed E-state index contributed by atoms with van der Waals surface area (Å²) < 4.78 is 0. The lowest BCUT2D eigenvalue weighted by atomic mass is 10.1. The molecule has 17 heavy (non-hydrogen) atoms. The zero-order chi connectivity index (χ0) is 13.0. The second kappa shape index (κ2) is 6.57. The molecular weight excluding hydrogens is 256 g/mol. The highest BCUT2D eigenvalue weighted by molar-refractivity contribution is 7.16. The first-order valence-corrected chi connectivity index (χ1v) is 7.14. The summed E-state index contributed by atoms with van der Waals surface area (Å²) in [7, 11) is 0. The Morgan fingerprint density at radius 3 is 2.12 bits per heavy atom. The van der Waals surface area contributed by atoms with Crippen molar-refractivity contribution in [2.45, 2.75) is 34.3 Å². The smallest absolute Gasteiger partial charge is 0.187 e. The fourth-order valence-corrected chi connectivity index (χ4v) is 2.80. The molecule has 0 bridgehead atoms. The summed E-state index contributed by atoms with van der Waals surface area (Å²) in [6.45, 7) is 10.7. The fourth-order valence-electron chi connectivity index (χ4n) is 1.67. The van der Waals surface area contributed by atoms with Crippen LogP contribution >= 0.6 is 22.9 Å². The third-order valence-corrected chi connectivity index (χ3v) is 3.75. The van der Waals surface area contributed by atoms with E-state index in [-0.39, 0.29) is 6.61 Å². The third kappa shape index (κ3) is 4.45. The van der Waals surface area contributed by atoms with Crippen LogP contribution in [0.25, 0.3) is 0 Å². The maximum Gasteiger partial charge on any atom is 0.187 e. The zero-order valence-corrected chi connectivity index (χ0v) is 12.5. The first kappa shape index (κ1) is 14.7. The van der Waals surface area contributed by atoms with E-state index in [4.69, 9.17) is 16.7 Å². The topological polar surface area (TPSA) is 36.4 Å². The van der Waals surface area contributed by atoms with E-state index in [2.05, 4.69) is 37.6 Å². The second-order valence-corrected chi connectivity index (χ2v) is 6.48. The molecule has 0 fully saturated rings. The monoisotopic (exact) mass is 276 g/mol. The van der Waals surface area contributed by atoms with Gasteiger partial charge in [0.05, 0.1) is 11.5 Å². The molecule has 0 aliphatic carbocycles. The van der Waals surface area contributed by atoms with Crippen LogP contribution < -0.4 is 4.90 Å². The molecule has 0 aliphatic heterocycles. The molecule has 1 N–H and O–H groups in total. The van der Waals surface area contributed by atoms with Gasteiger partial charge in [-0.1, -0.05) is 50.6 Å². The number of aliphatic hydroxyl groups excluding tert-OH is 1. The van der Waals surface area contributed by atoms with E-state index in [1.807, 2.05) is 0 Å². The minimum Gasteiger partial charge on any atom is -0.391 e. The van der Waals surface area contributed by atoms with Gasteiger partial charge in [0.15, 0.2) is 5.13 Å². The van der Waals surface area contributed by atoms with Gasteiger partial charge >= 0.3 is 0 Å². The van der Waals surface area contributed by atoms with Crippen LogP contribution in [-0.4, -0.2) is 23.2 Å². The molecule has 0 radical (unpaired) electrons. The summed E-state index contributed by atoms with van der Waals surface area (Å²) in [5.41, 5.74) is 0. The molecule has 5 heteroatoms. The average Bonchev–Trinajstić information content (AvgIpc) is 2.57. The Balaban J connectivity index is 2.87. The van der Waals surface area contributed by atoms with Crippen molar-refractivity contribution in [3.63, 3.8) is 0 Å². The Labute approximate surface area is 112 Å². The van der Waals surface area contributed by atoms with Crippen molar-refractivity contribution in [1.29, 1.82) is 0 Å². The predicted molar refractivity (Wildman–Crippen MR) is 74.9 cm³/mol. The van der Waals surface area contributed by atoms with Crippen LogP contribution in [0.2, 0.25) is 5.15 Å². The lowest BCUT2D eigenvalue weighted by Crippen LogP contribution is -2.31. The lowest BCUT2D eigenvalue weighted by Gasteiger charge is -2.25. The van der Waals surface area contributed by atoms with Gasteiger partial charge in [0.1, 0.15) is 5.15 Å².